The number of methoxy groups -OCH3 is 1. The van der Waals surface area contributed by atoms with E-state index in [0.29, 0.717) is 0 Å². The molecule has 3 nitrogen and oxygen atoms in total. The van der Waals surface area contributed by atoms with Crippen molar-refractivity contribution in [2.75, 3.05) is 20.2 Å². The Hall–Kier alpha value is -1.96. The van der Waals surface area contributed by atoms with Crippen LogP contribution in [0.2, 0.25) is 0 Å². The summed E-state index contributed by atoms with van der Waals surface area (Å²) in [7, 11) is 3.83. The van der Waals surface area contributed by atoms with Crippen molar-refractivity contribution in [3.05, 3.63) is 48.3 Å². The number of hydrogen-bond donors (Lipinski definition) is 1. The predicted octanol–water partition coefficient (Wildman–Crippen LogP) is 3.05. The van der Waals surface area contributed by atoms with Crippen LogP contribution in [-0.2, 0) is 13.5 Å². The summed E-state index contributed by atoms with van der Waals surface area (Å²) in [6.45, 7) is 5.39. The van der Waals surface area contributed by atoms with E-state index in [1.54, 1.807) is 7.11 Å². The molecule has 0 aliphatic rings. The van der Waals surface area contributed by atoms with Crippen LogP contribution in [-0.4, -0.2) is 24.8 Å². The van der Waals surface area contributed by atoms with Crippen LogP contribution in [0.3, 0.4) is 0 Å². The minimum absolute atomic E-state index is 0.843. The highest BCUT2D eigenvalue weighted by Crippen LogP contribution is 2.24. The second-order valence-corrected chi connectivity index (χ2v) is 4.84. The molecular formula is C17H22N2O. The highest BCUT2D eigenvalue weighted by Gasteiger charge is 2.06. The monoisotopic (exact) mass is 270 g/mol. The zero-order valence-corrected chi connectivity index (χ0v) is 12.3. The molecule has 2 aromatic rings. The molecule has 1 aromatic carbocycles. The summed E-state index contributed by atoms with van der Waals surface area (Å²) in [6, 6.07) is 8.47. The molecule has 1 N–H and O–H groups in total. The van der Waals surface area contributed by atoms with Gasteiger partial charge in [0, 0.05) is 30.2 Å². The van der Waals surface area contributed by atoms with E-state index in [0.717, 1.165) is 31.7 Å². The third-order valence-electron chi connectivity index (χ3n) is 3.53. The van der Waals surface area contributed by atoms with Crippen molar-refractivity contribution in [2.24, 2.45) is 7.05 Å². The van der Waals surface area contributed by atoms with Gasteiger partial charge in [-0.1, -0.05) is 6.58 Å². The molecule has 0 saturated heterocycles. The van der Waals surface area contributed by atoms with E-state index in [-0.39, 0.29) is 0 Å². The fourth-order valence-electron chi connectivity index (χ4n) is 2.39. The standard InChI is InChI=1S/C17H22N2O/c1-4-5-10-18-11-6-7-15-12-14-13-16(20-3)8-9-17(14)19(15)2/h5,8-9,12-13,18H,1,6-7,10-11H2,2-3H3. The van der Waals surface area contributed by atoms with Gasteiger partial charge in [-0.25, -0.2) is 0 Å². The van der Waals surface area contributed by atoms with Crippen LogP contribution in [0.1, 0.15) is 12.1 Å². The van der Waals surface area contributed by atoms with Crippen LogP contribution in [0.4, 0.5) is 0 Å². The van der Waals surface area contributed by atoms with Gasteiger partial charge in [0.15, 0.2) is 0 Å². The lowest BCUT2D eigenvalue weighted by Crippen LogP contribution is -2.15. The Morgan fingerprint density at radius 1 is 1.40 bits per heavy atom. The summed E-state index contributed by atoms with van der Waals surface area (Å²) >= 11 is 0. The molecule has 0 aliphatic heterocycles. The number of rotatable bonds is 7. The van der Waals surface area contributed by atoms with Gasteiger partial charge in [-0.05, 0) is 49.7 Å². The number of fused-ring (bicyclic) bond motifs is 1. The SMILES string of the molecule is C=C=CCNCCCc1cc2cc(OC)ccc2n1C. The zero-order valence-electron chi connectivity index (χ0n) is 12.3. The molecular weight excluding hydrogens is 248 g/mol. The molecule has 0 spiro atoms. The van der Waals surface area contributed by atoms with E-state index < -0.39 is 0 Å². The Bertz CT molecular complexity index is 621. The third-order valence-corrected chi connectivity index (χ3v) is 3.53. The summed E-state index contributed by atoms with van der Waals surface area (Å²) in [5, 5.41) is 4.58. The lowest BCUT2D eigenvalue weighted by molar-refractivity contribution is 0.415. The molecule has 20 heavy (non-hydrogen) atoms. The molecule has 0 saturated carbocycles. The Morgan fingerprint density at radius 2 is 2.25 bits per heavy atom. The number of ether oxygens (including phenoxy) is 1. The first-order valence-corrected chi connectivity index (χ1v) is 6.93. The summed E-state index contributed by atoms with van der Waals surface area (Å²) in [6.07, 6.45) is 4.09. The fourth-order valence-corrected chi connectivity index (χ4v) is 2.39. The van der Waals surface area contributed by atoms with Gasteiger partial charge in [0.2, 0.25) is 0 Å². The predicted molar refractivity (Wildman–Crippen MR) is 84.4 cm³/mol. The number of nitrogens with one attached hydrogen (secondary N) is 1. The van der Waals surface area contributed by atoms with Crippen LogP contribution >= 0.6 is 0 Å². The Morgan fingerprint density at radius 3 is 3.00 bits per heavy atom. The molecule has 0 fully saturated rings. The summed E-state index contributed by atoms with van der Waals surface area (Å²) in [5.41, 5.74) is 5.37. The highest BCUT2D eigenvalue weighted by atomic mass is 16.5. The van der Waals surface area contributed by atoms with E-state index in [1.165, 1.54) is 16.6 Å². The molecule has 0 bridgehead atoms. The van der Waals surface area contributed by atoms with Gasteiger partial charge in [-0.3, -0.25) is 0 Å². The zero-order chi connectivity index (χ0) is 14.4. The summed E-state index contributed by atoms with van der Waals surface area (Å²) < 4.78 is 7.54. The second-order valence-electron chi connectivity index (χ2n) is 4.84. The minimum atomic E-state index is 0.843. The smallest absolute Gasteiger partial charge is 0.119 e. The first-order chi connectivity index (χ1) is 9.76. The number of benzene rings is 1. The maximum absolute atomic E-state index is 5.27. The van der Waals surface area contributed by atoms with Crippen molar-refractivity contribution in [3.63, 3.8) is 0 Å². The van der Waals surface area contributed by atoms with Gasteiger partial charge in [-0.15, -0.1) is 5.73 Å². The van der Waals surface area contributed by atoms with Gasteiger partial charge in [-0.2, -0.15) is 0 Å². The molecule has 2 rings (SSSR count). The summed E-state index contributed by atoms with van der Waals surface area (Å²) in [4.78, 5) is 0. The molecule has 0 unspecified atom stereocenters. The molecule has 1 heterocycles. The van der Waals surface area contributed by atoms with Crippen molar-refractivity contribution in [2.45, 2.75) is 12.8 Å². The lowest BCUT2D eigenvalue weighted by Gasteiger charge is -2.05. The normalized spacial score (nSPS) is 10.5. The lowest BCUT2D eigenvalue weighted by atomic mass is 10.2. The molecule has 0 amide bonds. The molecule has 0 radical (unpaired) electrons. The number of aromatic nitrogens is 1. The average Bonchev–Trinajstić information content (AvgIpc) is 2.78. The van der Waals surface area contributed by atoms with E-state index in [2.05, 4.69) is 47.4 Å². The fraction of sp³-hybridized carbons (Fsp3) is 0.353. The van der Waals surface area contributed by atoms with Gasteiger partial charge in [0.05, 0.1) is 7.11 Å². The van der Waals surface area contributed by atoms with Gasteiger partial charge in [0.1, 0.15) is 5.75 Å². The Labute approximate surface area is 120 Å². The van der Waals surface area contributed by atoms with Crippen molar-refractivity contribution < 1.29 is 4.74 Å². The topological polar surface area (TPSA) is 26.2 Å². The molecule has 106 valence electrons. The van der Waals surface area contributed by atoms with Crippen LogP contribution in [0.15, 0.2) is 42.7 Å². The van der Waals surface area contributed by atoms with E-state index in [9.17, 15) is 0 Å². The largest absolute Gasteiger partial charge is 0.497 e. The van der Waals surface area contributed by atoms with Gasteiger partial charge < -0.3 is 14.6 Å². The molecule has 1 aromatic heterocycles. The van der Waals surface area contributed by atoms with Gasteiger partial charge >= 0.3 is 0 Å². The maximum Gasteiger partial charge on any atom is 0.119 e. The summed E-state index contributed by atoms with van der Waals surface area (Å²) in [5.74, 6) is 0.910. The molecule has 0 atom stereocenters. The number of nitrogens with zero attached hydrogens (tertiary/aromatic N) is 1. The highest BCUT2D eigenvalue weighted by molar-refractivity contribution is 5.82. The third kappa shape index (κ3) is 3.32. The van der Waals surface area contributed by atoms with Crippen molar-refractivity contribution >= 4 is 10.9 Å². The van der Waals surface area contributed by atoms with Crippen LogP contribution in [0.25, 0.3) is 10.9 Å². The van der Waals surface area contributed by atoms with Crippen LogP contribution in [0.5, 0.6) is 5.75 Å². The Balaban J connectivity index is 1.99. The maximum atomic E-state index is 5.27. The van der Waals surface area contributed by atoms with Crippen molar-refractivity contribution in [3.8, 4) is 5.75 Å². The average molecular weight is 270 g/mol. The van der Waals surface area contributed by atoms with E-state index in [4.69, 9.17) is 4.74 Å². The number of hydrogen-bond acceptors (Lipinski definition) is 2. The quantitative estimate of drug-likeness (QED) is 0.618. The van der Waals surface area contributed by atoms with Crippen LogP contribution in [0, 0.1) is 0 Å². The van der Waals surface area contributed by atoms with Gasteiger partial charge in [0.25, 0.3) is 0 Å². The molecule has 0 aliphatic carbocycles. The number of aryl methyl sites for hydroxylation is 2. The first-order valence-electron chi connectivity index (χ1n) is 6.93. The molecule has 3 heteroatoms. The van der Waals surface area contributed by atoms with E-state index >= 15 is 0 Å². The minimum Gasteiger partial charge on any atom is -0.497 e. The van der Waals surface area contributed by atoms with Crippen molar-refractivity contribution in [1.29, 1.82) is 0 Å². The van der Waals surface area contributed by atoms with E-state index in [1.807, 2.05) is 12.1 Å². The van der Waals surface area contributed by atoms with Crippen LogP contribution < -0.4 is 10.1 Å². The second kappa shape index (κ2) is 6.99. The van der Waals surface area contributed by atoms with Crippen molar-refractivity contribution in [1.82, 2.24) is 9.88 Å². The first kappa shape index (κ1) is 14.4. The Kier molecular flexibility index (Phi) is 5.05.